The number of carboxylic acid groups (broad SMARTS) is 1. The first-order valence-corrected chi connectivity index (χ1v) is 8.89. The smallest absolute Gasteiger partial charge is 0.328 e. The lowest BCUT2D eigenvalue weighted by Gasteiger charge is -2.26. The van der Waals surface area contributed by atoms with E-state index in [0.717, 1.165) is 0 Å². The first-order valence-electron chi connectivity index (χ1n) is 8.51. The molecule has 3 atom stereocenters. The lowest BCUT2D eigenvalue weighted by atomic mass is 10.1. The fourth-order valence-electron chi connectivity index (χ4n) is 3.03. The zero-order valence-corrected chi connectivity index (χ0v) is 15.8. The molecule has 1 aromatic rings. The van der Waals surface area contributed by atoms with Gasteiger partial charge >= 0.3 is 5.97 Å². The molecular formula is C18H22ClFN2O5. The monoisotopic (exact) mass is 400 g/mol. The lowest BCUT2D eigenvalue weighted by Crippen LogP contribution is -2.49. The number of methoxy groups -OCH3 is 1. The number of amides is 2. The Bertz CT molecular complexity index is 730. The number of carboxylic acids is 1. The zero-order chi connectivity index (χ0) is 20.1. The van der Waals surface area contributed by atoms with Gasteiger partial charge in [-0.05, 0) is 31.5 Å². The molecule has 1 fully saturated rings. The number of carbonyl (C=O) groups excluding carboxylic acids is 2. The average Bonchev–Trinajstić information content (AvgIpc) is 2.95. The molecule has 2 amide bonds. The topological polar surface area (TPSA) is 95.9 Å². The second kappa shape index (κ2) is 9.14. The molecule has 9 heteroatoms. The van der Waals surface area contributed by atoms with Crippen LogP contribution in [0.4, 0.5) is 4.39 Å². The molecule has 1 heterocycles. The minimum atomic E-state index is -1.21. The van der Waals surface area contributed by atoms with Crippen LogP contribution in [0.15, 0.2) is 18.2 Å². The number of nitrogens with one attached hydrogen (secondary N) is 1. The van der Waals surface area contributed by atoms with Crippen LogP contribution in [-0.4, -0.2) is 53.1 Å². The predicted octanol–water partition coefficient (Wildman–Crippen LogP) is 1.96. The molecule has 7 nitrogen and oxygen atoms in total. The molecule has 1 aliphatic rings. The van der Waals surface area contributed by atoms with Gasteiger partial charge in [0, 0.05) is 43.1 Å². The van der Waals surface area contributed by atoms with Gasteiger partial charge in [0.2, 0.25) is 11.8 Å². The van der Waals surface area contributed by atoms with E-state index in [-0.39, 0.29) is 30.9 Å². The fraction of sp³-hybridized carbons (Fsp3) is 0.500. The molecule has 0 spiro atoms. The van der Waals surface area contributed by atoms with Gasteiger partial charge in [-0.2, -0.15) is 0 Å². The number of halogens is 2. The molecule has 0 aliphatic carbocycles. The third-order valence-corrected chi connectivity index (χ3v) is 4.88. The number of aliphatic carboxylic acids is 1. The first kappa shape index (κ1) is 21.1. The summed E-state index contributed by atoms with van der Waals surface area (Å²) in [5, 5.41) is 12.0. The second-order valence-electron chi connectivity index (χ2n) is 6.48. The Hall–Kier alpha value is -2.19. The average molecular weight is 401 g/mol. The molecule has 0 unspecified atom stereocenters. The van der Waals surface area contributed by atoms with Gasteiger partial charge < -0.3 is 20.1 Å². The normalized spacial score (nSPS) is 19.0. The zero-order valence-electron chi connectivity index (χ0n) is 15.1. The quantitative estimate of drug-likeness (QED) is 0.695. The number of likely N-dealkylation sites (tertiary alicyclic amines) is 1. The highest BCUT2D eigenvalue weighted by atomic mass is 35.5. The van der Waals surface area contributed by atoms with Gasteiger partial charge in [-0.1, -0.05) is 11.6 Å². The highest BCUT2D eigenvalue weighted by molar-refractivity contribution is 6.30. The van der Waals surface area contributed by atoms with E-state index in [2.05, 4.69) is 5.32 Å². The molecule has 1 aromatic carbocycles. The third kappa shape index (κ3) is 5.40. The van der Waals surface area contributed by atoms with Crippen molar-refractivity contribution in [1.82, 2.24) is 10.2 Å². The highest BCUT2D eigenvalue weighted by Crippen LogP contribution is 2.26. The van der Waals surface area contributed by atoms with Gasteiger partial charge in [0.25, 0.3) is 0 Å². The van der Waals surface area contributed by atoms with E-state index in [4.69, 9.17) is 16.3 Å². The molecule has 2 rings (SSSR count). The minimum Gasteiger partial charge on any atom is -0.480 e. The summed E-state index contributed by atoms with van der Waals surface area (Å²) in [5.74, 6) is -2.39. The standard InChI is InChI=1S/C18H22ClFN2O5/c1-10(27-2)17(18(25)26)21-15(23)8-13-4-6-16(24)22(13)9-11-7-12(19)3-5-14(11)20/h3,5,7,10,13,17H,4,6,8-9H2,1-2H3,(H,21,23)(H,25,26)/t10-,13+,17+/m1/s1. The maximum absolute atomic E-state index is 14.0. The number of carbonyl (C=O) groups is 3. The van der Waals surface area contributed by atoms with Crippen LogP contribution < -0.4 is 5.32 Å². The summed E-state index contributed by atoms with van der Waals surface area (Å²) in [6, 6.07) is 2.45. The van der Waals surface area contributed by atoms with E-state index in [1.54, 1.807) is 0 Å². The van der Waals surface area contributed by atoms with Crippen LogP contribution in [0.25, 0.3) is 0 Å². The van der Waals surface area contributed by atoms with Gasteiger partial charge in [0.15, 0.2) is 6.04 Å². The highest BCUT2D eigenvalue weighted by Gasteiger charge is 2.34. The third-order valence-electron chi connectivity index (χ3n) is 4.65. The van der Waals surface area contributed by atoms with Gasteiger partial charge in [0.1, 0.15) is 5.82 Å². The van der Waals surface area contributed by atoms with Crippen molar-refractivity contribution in [3.05, 3.63) is 34.6 Å². The molecule has 1 aliphatic heterocycles. The van der Waals surface area contributed by atoms with Gasteiger partial charge in [-0.3, -0.25) is 9.59 Å². The van der Waals surface area contributed by atoms with Gasteiger partial charge in [0.05, 0.1) is 6.10 Å². The molecule has 0 saturated carbocycles. The van der Waals surface area contributed by atoms with E-state index in [1.807, 2.05) is 0 Å². The van der Waals surface area contributed by atoms with Crippen LogP contribution >= 0.6 is 11.6 Å². The van der Waals surface area contributed by atoms with Crippen molar-refractivity contribution < 1.29 is 28.6 Å². The SMILES string of the molecule is CO[C@H](C)[C@H](NC(=O)C[C@@H]1CCC(=O)N1Cc1cc(Cl)ccc1F)C(=O)O. The number of rotatable bonds is 8. The summed E-state index contributed by atoms with van der Waals surface area (Å²) < 4.78 is 18.9. The van der Waals surface area contributed by atoms with Crippen molar-refractivity contribution in [1.29, 1.82) is 0 Å². The van der Waals surface area contributed by atoms with E-state index in [9.17, 15) is 23.9 Å². The summed E-state index contributed by atoms with van der Waals surface area (Å²) in [7, 11) is 1.35. The molecule has 1 saturated heterocycles. The van der Waals surface area contributed by atoms with Crippen LogP contribution in [0.2, 0.25) is 5.02 Å². The van der Waals surface area contributed by atoms with E-state index in [0.29, 0.717) is 11.4 Å². The van der Waals surface area contributed by atoms with E-state index >= 15 is 0 Å². The van der Waals surface area contributed by atoms with E-state index in [1.165, 1.54) is 37.1 Å². The first-order chi connectivity index (χ1) is 12.7. The van der Waals surface area contributed by atoms with Crippen LogP contribution in [0.5, 0.6) is 0 Å². The molecule has 148 valence electrons. The molecular weight excluding hydrogens is 379 g/mol. The molecule has 27 heavy (non-hydrogen) atoms. The van der Waals surface area contributed by atoms with Crippen molar-refractivity contribution >= 4 is 29.4 Å². The van der Waals surface area contributed by atoms with E-state index < -0.39 is 35.9 Å². The van der Waals surface area contributed by atoms with Gasteiger partial charge in [-0.15, -0.1) is 0 Å². The summed E-state index contributed by atoms with van der Waals surface area (Å²) in [4.78, 5) is 37.2. The Kier molecular flexibility index (Phi) is 7.15. The molecule has 2 N–H and O–H groups in total. The largest absolute Gasteiger partial charge is 0.480 e. The summed E-state index contributed by atoms with van der Waals surface area (Å²) in [6.07, 6.45) is -0.106. The summed E-state index contributed by atoms with van der Waals surface area (Å²) >= 11 is 5.89. The Morgan fingerprint density at radius 3 is 2.81 bits per heavy atom. The van der Waals surface area contributed by atoms with Crippen molar-refractivity contribution in [3.8, 4) is 0 Å². The maximum Gasteiger partial charge on any atom is 0.328 e. The molecule has 0 aromatic heterocycles. The molecule has 0 radical (unpaired) electrons. The van der Waals surface area contributed by atoms with Gasteiger partial charge in [-0.25, -0.2) is 9.18 Å². The van der Waals surface area contributed by atoms with Crippen LogP contribution in [-0.2, 0) is 25.7 Å². The second-order valence-corrected chi connectivity index (χ2v) is 6.91. The van der Waals surface area contributed by atoms with Crippen molar-refractivity contribution in [3.63, 3.8) is 0 Å². The number of hydrogen-bond donors (Lipinski definition) is 2. The predicted molar refractivity (Wildman–Crippen MR) is 95.6 cm³/mol. The lowest BCUT2D eigenvalue weighted by molar-refractivity contribution is -0.145. The maximum atomic E-state index is 14.0. The van der Waals surface area contributed by atoms with Crippen LogP contribution in [0.1, 0.15) is 31.7 Å². The summed E-state index contributed by atoms with van der Waals surface area (Å²) in [6.45, 7) is 1.53. The number of hydrogen-bond acceptors (Lipinski definition) is 4. The Morgan fingerprint density at radius 1 is 1.48 bits per heavy atom. The van der Waals surface area contributed by atoms with Crippen molar-refractivity contribution in [2.75, 3.05) is 7.11 Å². The number of ether oxygens (including phenoxy) is 1. The van der Waals surface area contributed by atoms with Crippen molar-refractivity contribution in [2.45, 2.75) is 50.9 Å². The summed E-state index contributed by atoms with van der Waals surface area (Å²) in [5.41, 5.74) is 0.263. The Morgan fingerprint density at radius 2 is 2.19 bits per heavy atom. The Balaban J connectivity index is 2.06. The number of benzene rings is 1. The number of nitrogens with zero attached hydrogens (tertiary/aromatic N) is 1. The fourth-order valence-corrected chi connectivity index (χ4v) is 3.23. The minimum absolute atomic E-state index is 0.00000630. The van der Waals surface area contributed by atoms with Crippen molar-refractivity contribution in [2.24, 2.45) is 0 Å². The Labute approximate surface area is 161 Å². The van der Waals surface area contributed by atoms with Crippen LogP contribution in [0, 0.1) is 5.82 Å². The van der Waals surface area contributed by atoms with Crippen LogP contribution in [0.3, 0.4) is 0 Å². The molecule has 0 bridgehead atoms.